The number of nitrogens with zero attached hydrogens (tertiary/aromatic N) is 2. The molecule has 0 heterocycles. The van der Waals surface area contributed by atoms with Gasteiger partial charge in [0, 0.05) is 26.3 Å². The third kappa shape index (κ3) is 2.24. The Morgan fingerprint density at radius 3 is 2.29 bits per heavy atom. The molecule has 3 heteroatoms. The summed E-state index contributed by atoms with van der Waals surface area (Å²) in [5, 5.41) is 8.82. The molecule has 3 nitrogen and oxygen atoms in total. The van der Waals surface area contributed by atoms with Crippen LogP contribution in [0.3, 0.4) is 0 Å². The summed E-state index contributed by atoms with van der Waals surface area (Å²) in [6.45, 7) is 0.373. The Morgan fingerprint density at radius 1 is 1.36 bits per heavy atom. The van der Waals surface area contributed by atoms with Crippen LogP contribution in [0.2, 0.25) is 0 Å². The Hall–Kier alpha value is -1.53. The van der Waals surface area contributed by atoms with Crippen molar-refractivity contribution in [3.63, 3.8) is 0 Å². The third-order valence-electron chi connectivity index (χ3n) is 2.20. The van der Waals surface area contributed by atoms with Crippen LogP contribution in [0.5, 0.6) is 0 Å². The average molecular weight is 189 g/mol. The lowest BCUT2D eigenvalue weighted by Crippen LogP contribution is -2.11. The van der Waals surface area contributed by atoms with Gasteiger partial charge in [0.05, 0.1) is 12.0 Å². The smallest absolute Gasteiger partial charge is 0.0834 e. The Balaban J connectivity index is 2.88. The summed E-state index contributed by atoms with van der Waals surface area (Å²) in [6, 6.07) is 10.1. The van der Waals surface area contributed by atoms with E-state index in [1.807, 2.05) is 43.3 Å². The van der Waals surface area contributed by atoms with Gasteiger partial charge in [0.15, 0.2) is 0 Å². The van der Waals surface area contributed by atoms with E-state index in [1.165, 1.54) is 0 Å². The molecule has 1 aromatic carbocycles. The summed E-state index contributed by atoms with van der Waals surface area (Å²) in [7, 11) is 3.97. The molecule has 1 rings (SSSR count). The molecular formula is C11H15N3. The standard InChI is InChI=1S/C11H15N3/c1-14(2)11-5-3-9(4-6-11)10(7-12)8-13/h3-6,10H,7,12H2,1-2H3. The molecular weight excluding hydrogens is 174 g/mol. The first kappa shape index (κ1) is 10.6. The molecule has 0 radical (unpaired) electrons. The molecule has 0 aliphatic heterocycles. The second kappa shape index (κ2) is 4.64. The molecule has 0 fully saturated rings. The number of nitriles is 1. The van der Waals surface area contributed by atoms with Crippen molar-refractivity contribution in [3.8, 4) is 6.07 Å². The topological polar surface area (TPSA) is 53.0 Å². The van der Waals surface area contributed by atoms with Crippen LogP contribution >= 0.6 is 0 Å². The zero-order chi connectivity index (χ0) is 10.6. The molecule has 0 saturated heterocycles. The molecule has 0 spiro atoms. The van der Waals surface area contributed by atoms with Gasteiger partial charge in [-0.05, 0) is 17.7 Å². The van der Waals surface area contributed by atoms with Crippen LogP contribution in [-0.4, -0.2) is 20.6 Å². The van der Waals surface area contributed by atoms with Crippen LogP contribution < -0.4 is 10.6 Å². The first-order chi connectivity index (χ1) is 6.69. The van der Waals surface area contributed by atoms with E-state index in [0.717, 1.165) is 11.3 Å². The quantitative estimate of drug-likeness (QED) is 0.780. The zero-order valence-corrected chi connectivity index (χ0v) is 8.57. The zero-order valence-electron chi connectivity index (χ0n) is 8.57. The summed E-state index contributed by atoms with van der Waals surface area (Å²) in [5.74, 6) is -0.189. The molecule has 0 aromatic heterocycles. The van der Waals surface area contributed by atoms with Crippen molar-refractivity contribution >= 4 is 5.69 Å². The van der Waals surface area contributed by atoms with Gasteiger partial charge in [0.25, 0.3) is 0 Å². The number of benzene rings is 1. The average Bonchev–Trinajstić information content (AvgIpc) is 2.20. The molecule has 14 heavy (non-hydrogen) atoms. The van der Waals surface area contributed by atoms with E-state index < -0.39 is 0 Å². The second-order valence-corrected chi connectivity index (χ2v) is 3.40. The molecule has 1 atom stereocenters. The van der Waals surface area contributed by atoms with Crippen molar-refractivity contribution in [2.45, 2.75) is 5.92 Å². The molecule has 74 valence electrons. The predicted octanol–water partition coefficient (Wildman–Crippen LogP) is 1.32. The van der Waals surface area contributed by atoms with E-state index >= 15 is 0 Å². The van der Waals surface area contributed by atoms with Crippen molar-refractivity contribution in [3.05, 3.63) is 29.8 Å². The third-order valence-corrected chi connectivity index (χ3v) is 2.20. The molecule has 0 amide bonds. The van der Waals surface area contributed by atoms with Crippen LogP contribution in [0.4, 0.5) is 5.69 Å². The van der Waals surface area contributed by atoms with Crippen molar-refractivity contribution in [1.82, 2.24) is 0 Å². The summed E-state index contributed by atoms with van der Waals surface area (Å²) in [6.07, 6.45) is 0. The fourth-order valence-electron chi connectivity index (χ4n) is 1.27. The number of nitrogens with two attached hydrogens (primary N) is 1. The van der Waals surface area contributed by atoms with Crippen LogP contribution in [0.1, 0.15) is 11.5 Å². The van der Waals surface area contributed by atoms with Crippen molar-refractivity contribution in [1.29, 1.82) is 5.26 Å². The molecule has 1 aromatic rings. The first-order valence-electron chi connectivity index (χ1n) is 4.56. The summed E-state index contributed by atoms with van der Waals surface area (Å²) in [5.41, 5.74) is 7.59. The van der Waals surface area contributed by atoms with E-state index in [2.05, 4.69) is 6.07 Å². The fraction of sp³-hybridized carbons (Fsp3) is 0.364. The molecule has 0 bridgehead atoms. The van der Waals surface area contributed by atoms with E-state index in [1.54, 1.807) is 0 Å². The Labute approximate surface area is 84.7 Å². The fourth-order valence-corrected chi connectivity index (χ4v) is 1.27. The normalized spacial score (nSPS) is 11.9. The van der Waals surface area contributed by atoms with Gasteiger partial charge in [-0.2, -0.15) is 5.26 Å². The monoisotopic (exact) mass is 189 g/mol. The summed E-state index contributed by atoms with van der Waals surface area (Å²) >= 11 is 0. The maximum absolute atomic E-state index is 8.82. The molecule has 0 saturated carbocycles. The number of rotatable bonds is 3. The van der Waals surface area contributed by atoms with E-state index in [0.29, 0.717) is 6.54 Å². The highest BCUT2D eigenvalue weighted by Crippen LogP contribution is 2.18. The van der Waals surface area contributed by atoms with E-state index in [-0.39, 0.29) is 5.92 Å². The number of anilines is 1. The molecule has 2 N–H and O–H groups in total. The van der Waals surface area contributed by atoms with Crippen molar-refractivity contribution in [2.24, 2.45) is 5.73 Å². The van der Waals surface area contributed by atoms with Gasteiger partial charge in [-0.25, -0.2) is 0 Å². The molecule has 0 aliphatic rings. The van der Waals surface area contributed by atoms with Crippen LogP contribution in [0.25, 0.3) is 0 Å². The summed E-state index contributed by atoms with van der Waals surface area (Å²) in [4.78, 5) is 2.02. The molecule has 0 aliphatic carbocycles. The van der Waals surface area contributed by atoms with Crippen LogP contribution in [0, 0.1) is 11.3 Å². The minimum absolute atomic E-state index is 0.189. The number of hydrogen-bond donors (Lipinski definition) is 1. The van der Waals surface area contributed by atoms with Crippen molar-refractivity contribution < 1.29 is 0 Å². The highest BCUT2D eigenvalue weighted by atomic mass is 15.1. The lowest BCUT2D eigenvalue weighted by Gasteiger charge is -2.13. The maximum Gasteiger partial charge on any atom is 0.0834 e. The highest BCUT2D eigenvalue weighted by Gasteiger charge is 2.07. The van der Waals surface area contributed by atoms with E-state index in [9.17, 15) is 0 Å². The maximum atomic E-state index is 8.82. The van der Waals surface area contributed by atoms with Gasteiger partial charge in [-0.3, -0.25) is 0 Å². The second-order valence-electron chi connectivity index (χ2n) is 3.40. The number of hydrogen-bond acceptors (Lipinski definition) is 3. The SMILES string of the molecule is CN(C)c1ccc(C(C#N)CN)cc1. The lowest BCUT2D eigenvalue weighted by molar-refractivity contribution is 0.862. The van der Waals surface area contributed by atoms with Gasteiger partial charge in [0.2, 0.25) is 0 Å². The minimum atomic E-state index is -0.189. The summed E-state index contributed by atoms with van der Waals surface area (Å²) < 4.78 is 0. The minimum Gasteiger partial charge on any atom is -0.378 e. The first-order valence-corrected chi connectivity index (χ1v) is 4.56. The van der Waals surface area contributed by atoms with Gasteiger partial charge < -0.3 is 10.6 Å². The van der Waals surface area contributed by atoms with Gasteiger partial charge in [-0.1, -0.05) is 12.1 Å². The Morgan fingerprint density at radius 2 is 1.93 bits per heavy atom. The van der Waals surface area contributed by atoms with E-state index in [4.69, 9.17) is 11.0 Å². The lowest BCUT2D eigenvalue weighted by atomic mass is 10.0. The van der Waals surface area contributed by atoms with Gasteiger partial charge >= 0.3 is 0 Å². The van der Waals surface area contributed by atoms with Crippen LogP contribution in [0.15, 0.2) is 24.3 Å². The highest BCUT2D eigenvalue weighted by molar-refractivity contribution is 5.47. The molecule has 1 unspecified atom stereocenters. The Bertz CT molecular complexity index is 321. The van der Waals surface area contributed by atoms with Gasteiger partial charge in [-0.15, -0.1) is 0 Å². The van der Waals surface area contributed by atoms with Crippen LogP contribution in [-0.2, 0) is 0 Å². The largest absolute Gasteiger partial charge is 0.378 e. The van der Waals surface area contributed by atoms with Gasteiger partial charge in [0.1, 0.15) is 0 Å². The predicted molar refractivity (Wildman–Crippen MR) is 58.2 cm³/mol. The van der Waals surface area contributed by atoms with Crippen molar-refractivity contribution in [2.75, 3.05) is 25.5 Å². The Kier molecular flexibility index (Phi) is 3.49.